The van der Waals surface area contributed by atoms with Crippen molar-refractivity contribution in [3.05, 3.63) is 24.3 Å². The van der Waals surface area contributed by atoms with Crippen LogP contribution in [0.1, 0.15) is 162 Å². The van der Waals surface area contributed by atoms with E-state index in [2.05, 4.69) is 54.9 Å². The maximum atomic E-state index is 10.3. The molecule has 5 nitrogen and oxygen atoms in total. The third kappa shape index (κ3) is 31.1. The summed E-state index contributed by atoms with van der Waals surface area (Å²) in [7, 11) is 0. The van der Waals surface area contributed by atoms with Gasteiger partial charge < -0.3 is 25.7 Å². The lowest BCUT2D eigenvalue weighted by molar-refractivity contribution is 0.105. The van der Waals surface area contributed by atoms with E-state index in [0.29, 0.717) is 13.1 Å². The molecule has 0 heterocycles. The van der Waals surface area contributed by atoms with Crippen molar-refractivity contribution in [2.75, 3.05) is 45.8 Å². The third-order valence-corrected chi connectivity index (χ3v) is 8.63. The molecule has 0 saturated heterocycles. The van der Waals surface area contributed by atoms with Crippen LogP contribution in [0.25, 0.3) is 0 Å². The molecule has 0 bridgehead atoms. The van der Waals surface area contributed by atoms with Gasteiger partial charge in [-0.1, -0.05) is 122 Å². The van der Waals surface area contributed by atoms with Crippen LogP contribution >= 0.6 is 0 Å². The summed E-state index contributed by atoms with van der Waals surface area (Å²) in [6.45, 7) is 12.8. The van der Waals surface area contributed by atoms with E-state index in [1.54, 1.807) is 0 Å². The molecule has 0 aliphatic carbocycles. The monoisotopic (exact) mass is 608 g/mol. The van der Waals surface area contributed by atoms with Gasteiger partial charge in [-0.15, -0.1) is 0 Å². The minimum Gasteiger partial charge on any atom is -0.392 e. The molecule has 0 amide bonds. The number of aliphatic hydroxyl groups is 2. The van der Waals surface area contributed by atoms with Crippen LogP contribution in [0.3, 0.4) is 0 Å². The van der Waals surface area contributed by atoms with Gasteiger partial charge in [0.15, 0.2) is 0 Å². The van der Waals surface area contributed by atoms with Crippen LogP contribution in [0.2, 0.25) is 0 Å². The van der Waals surface area contributed by atoms with Gasteiger partial charge in [0.25, 0.3) is 0 Å². The second-order valence-corrected chi connectivity index (χ2v) is 13.0. The Hall–Kier alpha value is -0.720. The summed E-state index contributed by atoms with van der Waals surface area (Å²) in [5.41, 5.74) is 5.70. The molecule has 0 aliphatic rings. The van der Waals surface area contributed by atoms with Crippen LogP contribution in [0.15, 0.2) is 24.3 Å². The standard InChI is InChI=1S/C38H77N3O2/c1-4-7-9-11-13-14-15-16-17-18-19-20-21-22-24-27-30-40(35-37(42)6-3)32-28-25-29-33-41(36-38(43)34-39)31-26-23-12-10-8-5-2/h13-14,16-17,37-38,42-43H,4-12,15,18-36,39H2,1-3H3/b14-13+,17-16-. The first-order valence-electron chi connectivity index (χ1n) is 18.9. The van der Waals surface area contributed by atoms with Crippen molar-refractivity contribution < 1.29 is 10.2 Å². The molecule has 0 fully saturated rings. The summed E-state index contributed by atoms with van der Waals surface area (Å²) in [6, 6.07) is 0. The van der Waals surface area contributed by atoms with Crippen molar-refractivity contribution >= 4 is 0 Å². The van der Waals surface area contributed by atoms with Crippen molar-refractivity contribution in [3.63, 3.8) is 0 Å². The number of hydrogen-bond donors (Lipinski definition) is 3. The fourth-order valence-electron chi connectivity index (χ4n) is 5.68. The van der Waals surface area contributed by atoms with Gasteiger partial charge in [0.2, 0.25) is 0 Å². The Balaban J connectivity index is 4.07. The molecular formula is C38H77N3O2. The van der Waals surface area contributed by atoms with Crippen LogP contribution in [-0.2, 0) is 0 Å². The van der Waals surface area contributed by atoms with Crippen LogP contribution in [-0.4, -0.2) is 78.0 Å². The summed E-state index contributed by atoms with van der Waals surface area (Å²) < 4.78 is 0. The number of nitrogens with two attached hydrogens (primary N) is 1. The second-order valence-electron chi connectivity index (χ2n) is 13.0. The van der Waals surface area contributed by atoms with Gasteiger partial charge in [0.1, 0.15) is 0 Å². The minimum atomic E-state index is -0.416. The maximum Gasteiger partial charge on any atom is 0.0789 e. The molecule has 4 N–H and O–H groups in total. The van der Waals surface area contributed by atoms with Gasteiger partial charge in [-0.05, 0) is 90.4 Å². The Morgan fingerprint density at radius 1 is 0.488 bits per heavy atom. The molecule has 256 valence electrons. The van der Waals surface area contributed by atoms with Crippen LogP contribution in [0.5, 0.6) is 0 Å². The Morgan fingerprint density at radius 3 is 1.33 bits per heavy atom. The van der Waals surface area contributed by atoms with Crippen LogP contribution in [0, 0.1) is 0 Å². The van der Waals surface area contributed by atoms with Gasteiger partial charge in [-0.2, -0.15) is 0 Å². The lowest BCUT2D eigenvalue weighted by atomic mass is 10.1. The Kier molecular flexibility index (Phi) is 33.6. The molecule has 0 aromatic heterocycles. The van der Waals surface area contributed by atoms with E-state index in [0.717, 1.165) is 45.6 Å². The highest BCUT2D eigenvalue weighted by atomic mass is 16.3. The largest absolute Gasteiger partial charge is 0.392 e. The lowest BCUT2D eigenvalue weighted by Gasteiger charge is -2.26. The van der Waals surface area contributed by atoms with Gasteiger partial charge >= 0.3 is 0 Å². The number of allylic oxidation sites excluding steroid dienone is 4. The molecule has 5 heteroatoms. The number of rotatable bonds is 34. The molecule has 0 saturated carbocycles. The maximum absolute atomic E-state index is 10.3. The predicted molar refractivity (Wildman–Crippen MR) is 191 cm³/mol. The topological polar surface area (TPSA) is 73.0 Å². The van der Waals surface area contributed by atoms with E-state index >= 15 is 0 Å². The van der Waals surface area contributed by atoms with Crippen molar-refractivity contribution in [1.82, 2.24) is 9.80 Å². The Bertz CT molecular complexity index is 598. The Morgan fingerprint density at radius 2 is 0.860 bits per heavy atom. The van der Waals surface area contributed by atoms with E-state index < -0.39 is 6.10 Å². The van der Waals surface area contributed by atoms with Gasteiger partial charge in [-0.25, -0.2) is 0 Å². The first-order valence-corrected chi connectivity index (χ1v) is 18.9. The molecule has 0 rings (SSSR count). The number of hydrogen-bond acceptors (Lipinski definition) is 5. The Labute approximate surface area is 269 Å². The average Bonchev–Trinajstić information content (AvgIpc) is 3.01. The van der Waals surface area contributed by atoms with Gasteiger partial charge in [0.05, 0.1) is 12.2 Å². The van der Waals surface area contributed by atoms with E-state index in [4.69, 9.17) is 5.73 Å². The highest BCUT2D eigenvalue weighted by Crippen LogP contribution is 2.11. The molecule has 0 aromatic carbocycles. The smallest absolute Gasteiger partial charge is 0.0789 e. The zero-order chi connectivity index (χ0) is 31.6. The first kappa shape index (κ1) is 42.3. The van der Waals surface area contributed by atoms with Gasteiger partial charge in [-0.3, -0.25) is 0 Å². The zero-order valence-corrected chi connectivity index (χ0v) is 29.3. The summed E-state index contributed by atoms with van der Waals surface area (Å²) in [6.07, 6.45) is 36.3. The SMILES string of the molecule is CCCCC/C=C/C/C=C\CCCCCCCCN(CCCCCN(CCCCCCCC)CC(O)CN)CC(O)CC. The van der Waals surface area contributed by atoms with Gasteiger partial charge in [0, 0.05) is 19.6 Å². The van der Waals surface area contributed by atoms with Crippen molar-refractivity contribution in [2.24, 2.45) is 5.73 Å². The summed E-state index contributed by atoms with van der Waals surface area (Å²) in [5.74, 6) is 0. The first-order chi connectivity index (χ1) is 21.1. The normalized spacial score (nSPS) is 13.8. The summed E-state index contributed by atoms with van der Waals surface area (Å²) >= 11 is 0. The quantitative estimate of drug-likeness (QED) is 0.0503. The third-order valence-electron chi connectivity index (χ3n) is 8.63. The number of aliphatic hydroxyl groups excluding tert-OH is 2. The predicted octanol–water partition coefficient (Wildman–Crippen LogP) is 9.03. The fourth-order valence-corrected chi connectivity index (χ4v) is 5.68. The minimum absolute atomic E-state index is 0.213. The van der Waals surface area contributed by atoms with Crippen LogP contribution in [0.4, 0.5) is 0 Å². The molecule has 43 heavy (non-hydrogen) atoms. The second kappa shape index (κ2) is 34.2. The van der Waals surface area contributed by atoms with E-state index in [1.807, 2.05) is 0 Å². The number of unbranched alkanes of at least 4 members (excludes halogenated alkanes) is 16. The molecule has 0 aliphatic heterocycles. The van der Waals surface area contributed by atoms with Crippen molar-refractivity contribution in [1.29, 1.82) is 0 Å². The molecule has 2 atom stereocenters. The number of nitrogens with zero attached hydrogens (tertiary/aromatic N) is 2. The summed E-state index contributed by atoms with van der Waals surface area (Å²) in [4.78, 5) is 4.93. The summed E-state index contributed by atoms with van der Waals surface area (Å²) in [5, 5.41) is 20.4. The molecule has 0 spiro atoms. The molecular weight excluding hydrogens is 530 g/mol. The fraction of sp³-hybridized carbons (Fsp3) is 0.895. The van der Waals surface area contributed by atoms with E-state index in [9.17, 15) is 10.2 Å². The van der Waals surface area contributed by atoms with E-state index in [1.165, 1.54) is 128 Å². The van der Waals surface area contributed by atoms with Crippen molar-refractivity contribution in [3.8, 4) is 0 Å². The lowest BCUT2D eigenvalue weighted by Crippen LogP contribution is -2.37. The highest BCUT2D eigenvalue weighted by Gasteiger charge is 2.12. The molecule has 0 aromatic rings. The van der Waals surface area contributed by atoms with Crippen LogP contribution < -0.4 is 5.73 Å². The molecule has 0 radical (unpaired) electrons. The van der Waals surface area contributed by atoms with E-state index in [-0.39, 0.29) is 6.10 Å². The zero-order valence-electron chi connectivity index (χ0n) is 29.3. The average molecular weight is 608 g/mol. The highest BCUT2D eigenvalue weighted by molar-refractivity contribution is 4.92. The van der Waals surface area contributed by atoms with Crippen molar-refractivity contribution in [2.45, 2.75) is 174 Å². The molecule has 2 unspecified atom stereocenters.